The number of nitrogens with one attached hydrogen (secondary N) is 1. The maximum Gasteiger partial charge on any atom is 0.0758 e. The van der Waals surface area contributed by atoms with Crippen molar-refractivity contribution in [3.05, 3.63) is 0 Å². The smallest absolute Gasteiger partial charge is 0.0758 e. The Hall–Kier alpha value is -0.0800. The van der Waals surface area contributed by atoms with E-state index in [1.54, 1.807) is 0 Å². The Balaban J connectivity index is 2.50. The van der Waals surface area contributed by atoms with Crippen molar-refractivity contribution in [1.29, 1.82) is 0 Å². The van der Waals surface area contributed by atoms with Crippen molar-refractivity contribution in [1.82, 2.24) is 5.32 Å². The normalized spacial score (nSPS) is 21.2. The number of likely N-dealkylation sites (N-methyl/N-ethyl adjacent to an activating group) is 1. The summed E-state index contributed by atoms with van der Waals surface area (Å²) >= 11 is 0. The molecule has 2 atom stereocenters. The van der Waals surface area contributed by atoms with Gasteiger partial charge in [-0.3, -0.25) is 0 Å². The molecule has 0 spiro atoms. The summed E-state index contributed by atoms with van der Waals surface area (Å²) in [5.74, 6) is 1.48. The highest BCUT2D eigenvalue weighted by Crippen LogP contribution is 2.37. The van der Waals surface area contributed by atoms with Crippen LogP contribution < -0.4 is 5.32 Å². The SMILES string of the molecule is CCNC(C(C)C)C(OCC)C1CC1. The summed E-state index contributed by atoms with van der Waals surface area (Å²) in [5, 5.41) is 3.56. The Labute approximate surface area is 88.4 Å². The van der Waals surface area contributed by atoms with Crippen LogP contribution in [0.4, 0.5) is 0 Å². The fourth-order valence-corrected chi connectivity index (χ4v) is 2.12. The molecule has 2 nitrogen and oxygen atoms in total. The van der Waals surface area contributed by atoms with Crippen LogP contribution in [0.25, 0.3) is 0 Å². The van der Waals surface area contributed by atoms with Crippen LogP contribution in [0.5, 0.6) is 0 Å². The Kier molecular flexibility index (Phi) is 4.90. The van der Waals surface area contributed by atoms with E-state index in [1.165, 1.54) is 12.8 Å². The van der Waals surface area contributed by atoms with E-state index in [1.807, 2.05) is 0 Å². The third kappa shape index (κ3) is 3.25. The molecule has 1 rings (SSSR count). The number of rotatable bonds is 7. The summed E-state index contributed by atoms with van der Waals surface area (Å²) in [5.41, 5.74) is 0. The van der Waals surface area contributed by atoms with Gasteiger partial charge in [0.05, 0.1) is 6.10 Å². The Morgan fingerprint density at radius 3 is 2.29 bits per heavy atom. The predicted octanol–water partition coefficient (Wildman–Crippen LogP) is 2.44. The van der Waals surface area contributed by atoms with Crippen molar-refractivity contribution >= 4 is 0 Å². The van der Waals surface area contributed by atoms with Crippen LogP contribution in [0, 0.1) is 11.8 Å². The molecule has 0 radical (unpaired) electrons. The Morgan fingerprint density at radius 1 is 1.29 bits per heavy atom. The monoisotopic (exact) mass is 199 g/mol. The lowest BCUT2D eigenvalue weighted by molar-refractivity contribution is 0.00758. The lowest BCUT2D eigenvalue weighted by Crippen LogP contribution is -2.46. The molecular weight excluding hydrogens is 174 g/mol. The lowest BCUT2D eigenvalue weighted by atomic mass is 9.95. The molecule has 84 valence electrons. The highest BCUT2D eigenvalue weighted by molar-refractivity contribution is 4.91. The van der Waals surface area contributed by atoms with Crippen molar-refractivity contribution in [2.45, 2.75) is 52.7 Å². The summed E-state index contributed by atoms with van der Waals surface area (Å²) in [4.78, 5) is 0. The lowest BCUT2D eigenvalue weighted by Gasteiger charge is -2.30. The second-order valence-electron chi connectivity index (χ2n) is 4.58. The maximum absolute atomic E-state index is 5.88. The minimum Gasteiger partial charge on any atom is -0.377 e. The summed E-state index contributed by atoms with van der Waals surface area (Å²) in [6, 6.07) is 0.535. The molecule has 0 aromatic carbocycles. The second kappa shape index (κ2) is 5.72. The van der Waals surface area contributed by atoms with Gasteiger partial charge >= 0.3 is 0 Å². The van der Waals surface area contributed by atoms with Crippen LogP contribution in [0.3, 0.4) is 0 Å². The average molecular weight is 199 g/mol. The van der Waals surface area contributed by atoms with Crippen molar-refractivity contribution in [2.75, 3.05) is 13.2 Å². The van der Waals surface area contributed by atoms with E-state index in [4.69, 9.17) is 4.74 Å². The molecule has 1 aliphatic rings. The molecule has 1 aliphatic carbocycles. The van der Waals surface area contributed by atoms with Gasteiger partial charge in [-0.05, 0) is 38.1 Å². The molecule has 1 fully saturated rings. The molecule has 2 unspecified atom stereocenters. The number of hydrogen-bond donors (Lipinski definition) is 1. The first kappa shape index (κ1) is 12.0. The molecular formula is C12H25NO. The molecule has 0 bridgehead atoms. The first-order chi connectivity index (χ1) is 6.70. The van der Waals surface area contributed by atoms with E-state index in [9.17, 15) is 0 Å². The molecule has 1 N–H and O–H groups in total. The first-order valence-corrected chi connectivity index (χ1v) is 6.05. The number of ether oxygens (including phenoxy) is 1. The fourth-order valence-electron chi connectivity index (χ4n) is 2.12. The van der Waals surface area contributed by atoms with Crippen LogP contribution in [0.1, 0.15) is 40.5 Å². The highest BCUT2D eigenvalue weighted by atomic mass is 16.5. The van der Waals surface area contributed by atoms with Gasteiger partial charge in [0.25, 0.3) is 0 Å². The van der Waals surface area contributed by atoms with Crippen LogP contribution in [-0.2, 0) is 4.74 Å². The van der Waals surface area contributed by atoms with Crippen molar-refractivity contribution in [3.8, 4) is 0 Å². The van der Waals surface area contributed by atoms with Crippen LogP contribution in [0.2, 0.25) is 0 Å². The zero-order chi connectivity index (χ0) is 10.6. The van der Waals surface area contributed by atoms with Crippen molar-refractivity contribution in [3.63, 3.8) is 0 Å². The summed E-state index contributed by atoms with van der Waals surface area (Å²) in [6.45, 7) is 10.7. The van der Waals surface area contributed by atoms with Gasteiger partial charge in [0.2, 0.25) is 0 Å². The van der Waals surface area contributed by atoms with E-state index in [-0.39, 0.29) is 0 Å². The van der Waals surface area contributed by atoms with E-state index in [0.717, 1.165) is 19.1 Å². The number of hydrogen-bond acceptors (Lipinski definition) is 2. The topological polar surface area (TPSA) is 21.3 Å². The molecule has 2 heteroatoms. The second-order valence-corrected chi connectivity index (χ2v) is 4.58. The van der Waals surface area contributed by atoms with Crippen molar-refractivity contribution < 1.29 is 4.74 Å². The van der Waals surface area contributed by atoms with Gasteiger partial charge in [-0.25, -0.2) is 0 Å². The van der Waals surface area contributed by atoms with Crippen molar-refractivity contribution in [2.24, 2.45) is 11.8 Å². The standard InChI is InChI=1S/C12H25NO/c1-5-13-11(9(3)4)12(14-6-2)10-7-8-10/h9-13H,5-8H2,1-4H3. The zero-order valence-electron chi connectivity index (χ0n) is 10.0. The van der Waals surface area contributed by atoms with E-state index in [2.05, 4.69) is 33.0 Å². The molecule has 0 saturated heterocycles. The summed E-state index contributed by atoms with van der Waals surface area (Å²) in [6.07, 6.45) is 3.17. The van der Waals surface area contributed by atoms with Gasteiger partial charge in [0.1, 0.15) is 0 Å². The summed E-state index contributed by atoms with van der Waals surface area (Å²) in [7, 11) is 0. The van der Waals surface area contributed by atoms with Gasteiger partial charge < -0.3 is 10.1 Å². The minimum atomic E-state index is 0.444. The predicted molar refractivity (Wildman–Crippen MR) is 60.4 cm³/mol. The Morgan fingerprint density at radius 2 is 1.93 bits per heavy atom. The molecule has 14 heavy (non-hydrogen) atoms. The summed E-state index contributed by atoms with van der Waals surface area (Å²) < 4.78 is 5.88. The highest BCUT2D eigenvalue weighted by Gasteiger charge is 2.37. The van der Waals surface area contributed by atoms with Gasteiger partial charge in [-0.1, -0.05) is 20.8 Å². The quantitative estimate of drug-likeness (QED) is 0.680. The molecule has 0 aliphatic heterocycles. The molecule has 0 amide bonds. The van der Waals surface area contributed by atoms with Gasteiger partial charge in [-0.2, -0.15) is 0 Å². The van der Waals surface area contributed by atoms with Gasteiger partial charge in [0, 0.05) is 12.6 Å². The first-order valence-electron chi connectivity index (χ1n) is 6.05. The molecule has 0 heterocycles. The zero-order valence-corrected chi connectivity index (χ0v) is 10.0. The maximum atomic E-state index is 5.88. The molecule has 0 aromatic heterocycles. The van der Waals surface area contributed by atoms with E-state index >= 15 is 0 Å². The molecule has 0 aromatic rings. The fraction of sp³-hybridized carbons (Fsp3) is 1.00. The van der Waals surface area contributed by atoms with Gasteiger partial charge in [-0.15, -0.1) is 0 Å². The molecule has 1 saturated carbocycles. The van der Waals surface area contributed by atoms with Crippen LogP contribution >= 0.6 is 0 Å². The van der Waals surface area contributed by atoms with Crippen LogP contribution in [0.15, 0.2) is 0 Å². The van der Waals surface area contributed by atoms with E-state index in [0.29, 0.717) is 18.1 Å². The largest absolute Gasteiger partial charge is 0.377 e. The van der Waals surface area contributed by atoms with Gasteiger partial charge in [0.15, 0.2) is 0 Å². The van der Waals surface area contributed by atoms with Crippen LogP contribution in [-0.4, -0.2) is 25.3 Å². The van der Waals surface area contributed by atoms with E-state index < -0.39 is 0 Å². The minimum absolute atomic E-state index is 0.444. The Bertz CT molecular complexity index is 144. The third-order valence-electron chi connectivity index (χ3n) is 2.96. The third-order valence-corrected chi connectivity index (χ3v) is 2.96. The average Bonchev–Trinajstić information content (AvgIpc) is 2.94.